The number of benzene rings is 2. The van der Waals surface area contributed by atoms with Crippen LogP contribution in [0.5, 0.6) is 0 Å². The average Bonchev–Trinajstić information content (AvgIpc) is 2.65. The van der Waals surface area contributed by atoms with Gasteiger partial charge in [-0.25, -0.2) is 4.98 Å². The van der Waals surface area contributed by atoms with Gasteiger partial charge in [-0.3, -0.25) is 4.79 Å². The Morgan fingerprint density at radius 2 is 1.56 bits per heavy atom. The van der Waals surface area contributed by atoms with Crippen molar-refractivity contribution in [3.63, 3.8) is 0 Å². The molecule has 0 saturated heterocycles. The van der Waals surface area contributed by atoms with Crippen LogP contribution in [0.2, 0.25) is 5.02 Å². The van der Waals surface area contributed by atoms with Gasteiger partial charge >= 0.3 is 0 Å². The molecule has 0 aliphatic rings. The molecule has 0 aliphatic heterocycles. The number of aromatic nitrogens is 1. The molecule has 5 nitrogen and oxygen atoms in total. The molecule has 3 aromatic rings. The first-order valence-corrected chi connectivity index (χ1v) is 7.82. The molecule has 6 heteroatoms. The number of carbonyl (C=O) groups excluding carboxylic acids is 1. The molecule has 1 aromatic heterocycles. The topological polar surface area (TPSA) is 77.8 Å². The van der Waals surface area contributed by atoms with Gasteiger partial charge in [0.05, 0.1) is 23.5 Å². The van der Waals surface area contributed by atoms with Crippen molar-refractivity contribution in [2.45, 2.75) is 0 Å². The number of rotatable bonds is 4. The van der Waals surface area contributed by atoms with Crippen LogP contribution in [0.25, 0.3) is 0 Å². The van der Waals surface area contributed by atoms with E-state index in [9.17, 15) is 4.79 Å². The Morgan fingerprint density at radius 3 is 2.16 bits per heavy atom. The zero-order valence-corrected chi connectivity index (χ0v) is 13.8. The predicted octanol–water partition coefficient (Wildman–Crippen LogP) is 4.60. The first kappa shape index (κ1) is 16.5. The number of nitrogens with one attached hydrogen (secondary N) is 2. The Labute approximate surface area is 149 Å². The van der Waals surface area contributed by atoms with Gasteiger partial charge in [0.2, 0.25) is 0 Å². The lowest BCUT2D eigenvalue weighted by Gasteiger charge is -2.08. The van der Waals surface area contributed by atoms with Gasteiger partial charge in [0.25, 0.3) is 5.91 Å². The highest BCUT2D eigenvalue weighted by molar-refractivity contribution is 6.30. The van der Waals surface area contributed by atoms with Gasteiger partial charge in [-0.1, -0.05) is 11.6 Å². The Hall–Kier alpha value is -3.36. The summed E-state index contributed by atoms with van der Waals surface area (Å²) >= 11 is 5.82. The molecule has 0 saturated carbocycles. The largest absolute Gasteiger partial charge is 0.354 e. The number of halogens is 1. The summed E-state index contributed by atoms with van der Waals surface area (Å²) in [5.41, 5.74) is 3.13. The lowest BCUT2D eigenvalue weighted by atomic mass is 10.2. The molecule has 1 heterocycles. The van der Waals surface area contributed by atoms with Crippen LogP contribution in [-0.2, 0) is 0 Å². The molecular formula is C19H13ClN4O. The molecule has 0 atom stereocenters. The summed E-state index contributed by atoms with van der Waals surface area (Å²) in [5, 5.41) is 15.3. The zero-order chi connectivity index (χ0) is 17.6. The van der Waals surface area contributed by atoms with Gasteiger partial charge in [-0.05, 0) is 60.7 Å². The van der Waals surface area contributed by atoms with E-state index >= 15 is 0 Å². The summed E-state index contributed by atoms with van der Waals surface area (Å²) in [7, 11) is 0. The SMILES string of the molecule is N#Cc1ccc(Nc2ccc(C(=O)Nc3ccc(Cl)cc3)nc2)cc1. The van der Waals surface area contributed by atoms with E-state index in [1.54, 1.807) is 66.9 Å². The molecule has 25 heavy (non-hydrogen) atoms. The van der Waals surface area contributed by atoms with Gasteiger partial charge in [-0.2, -0.15) is 5.26 Å². The molecular weight excluding hydrogens is 336 g/mol. The van der Waals surface area contributed by atoms with Crippen molar-refractivity contribution in [1.29, 1.82) is 5.26 Å². The molecule has 3 rings (SSSR count). The molecule has 2 N–H and O–H groups in total. The van der Waals surface area contributed by atoms with E-state index in [2.05, 4.69) is 21.7 Å². The van der Waals surface area contributed by atoms with E-state index in [1.165, 1.54) is 0 Å². The second kappa shape index (κ2) is 7.47. The molecule has 0 bridgehead atoms. The fraction of sp³-hybridized carbons (Fsp3) is 0. The maximum Gasteiger partial charge on any atom is 0.274 e. The summed E-state index contributed by atoms with van der Waals surface area (Å²) < 4.78 is 0. The van der Waals surface area contributed by atoms with E-state index in [0.717, 1.165) is 11.4 Å². The normalized spacial score (nSPS) is 9.92. The fourth-order valence-electron chi connectivity index (χ4n) is 2.13. The zero-order valence-electron chi connectivity index (χ0n) is 13.0. The molecule has 2 aromatic carbocycles. The molecule has 0 fully saturated rings. The minimum atomic E-state index is -0.299. The summed E-state index contributed by atoms with van der Waals surface area (Å²) in [4.78, 5) is 16.4. The first-order chi connectivity index (χ1) is 12.1. The highest BCUT2D eigenvalue weighted by Gasteiger charge is 2.08. The molecule has 0 radical (unpaired) electrons. The van der Waals surface area contributed by atoms with E-state index < -0.39 is 0 Å². The number of hydrogen-bond donors (Lipinski definition) is 2. The third-order valence-corrected chi connectivity index (χ3v) is 3.65. The minimum Gasteiger partial charge on any atom is -0.354 e. The van der Waals surface area contributed by atoms with E-state index in [4.69, 9.17) is 16.9 Å². The molecule has 0 spiro atoms. The van der Waals surface area contributed by atoms with Crippen molar-refractivity contribution in [1.82, 2.24) is 4.98 Å². The van der Waals surface area contributed by atoms with Crippen molar-refractivity contribution >= 4 is 34.6 Å². The van der Waals surface area contributed by atoms with E-state index in [1.807, 2.05) is 0 Å². The lowest BCUT2D eigenvalue weighted by Crippen LogP contribution is -2.13. The van der Waals surface area contributed by atoms with E-state index in [0.29, 0.717) is 22.0 Å². The minimum absolute atomic E-state index is 0.299. The van der Waals surface area contributed by atoms with Crippen LogP contribution >= 0.6 is 11.6 Å². The van der Waals surface area contributed by atoms with Crippen molar-refractivity contribution in [2.75, 3.05) is 10.6 Å². The Kier molecular flexibility index (Phi) is 4.93. The van der Waals surface area contributed by atoms with Crippen LogP contribution in [0.4, 0.5) is 17.1 Å². The van der Waals surface area contributed by atoms with Crippen LogP contribution in [0.15, 0.2) is 66.9 Å². The lowest BCUT2D eigenvalue weighted by molar-refractivity contribution is 0.102. The number of carbonyl (C=O) groups is 1. The van der Waals surface area contributed by atoms with Crippen molar-refractivity contribution in [3.8, 4) is 6.07 Å². The van der Waals surface area contributed by atoms with E-state index in [-0.39, 0.29) is 5.91 Å². The van der Waals surface area contributed by atoms with Gasteiger partial charge in [0.15, 0.2) is 0 Å². The average molecular weight is 349 g/mol. The van der Waals surface area contributed by atoms with Crippen molar-refractivity contribution in [2.24, 2.45) is 0 Å². The molecule has 0 unspecified atom stereocenters. The Balaban J connectivity index is 1.65. The first-order valence-electron chi connectivity index (χ1n) is 7.44. The Bertz CT molecular complexity index is 914. The highest BCUT2D eigenvalue weighted by Crippen LogP contribution is 2.17. The summed E-state index contributed by atoms with van der Waals surface area (Å²) in [6.45, 7) is 0. The monoisotopic (exact) mass is 348 g/mol. The van der Waals surface area contributed by atoms with Crippen LogP contribution in [0, 0.1) is 11.3 Å². The highest BCUT2D eigenvalue weighted by atomic mass is 35.5. The number of amides is 1. The number of nitriles is 1. The third-order valence-electron chi connectivity index (χ3n) is 3.40. The van der Waals surface area contributed by atoms with Crippen LogP contribution in [-0.4, -0.2) is 10.9 Å². The predicted molar refractivity (Wildman–Crippen MR) is 98.1 cm³/mol. The van der Waals surface area contributed by atoms with Crippen molar-refractivity contribution < 1.29 is 4.79 Å². The number of hydrogen-bond acceptors (Lipinski definition) is 4. The third kappa shape index (κ3) is 4.34. The fourth-order valence-corrected chi connectivity index (χ4v) is 2.25. The summed E-state index contributed by atoms with van der Waals surface area (Å²) in [6, 6.07) is 19.4. The number of pyridine rings is 1. The van der Waals surface area contributed by atoms with Crippen molar-refractivity contribution in [3.05, 3.63) is 83.1 Å². The smallest absolute Gasteiger partial charge is 0.274 e. The summed E-state index contributed by atoms with van der Waals surface area (Å²) in [6.07, 6.45) is 1.58. The Morgan fingerprint density at radius 1 is 0.920 bits per heavy atom. The van der Waals surface area contributed by atoms with Gasteiger partial charge < -0.3 is 10.6 Å². The van der Waals surface area contributed by atoms with Gasteiger partial charge in [0, 0.05) is 16.4 Å². The summed E-state index contributed by atoms with van der Waals surface area (Å²) in [5.74, 6) is -0.299. The quantitative estimate of drug-likeness (QED) is 0.722. The van der Waals surface area contributed by atoms with Gasteiger partial charge in [0.1, 0.15) is 5.69 Å². The molecule has 1 amide bonds. The standard InChI is InChI=1S/C19H13ClN4O/c20-14-3-7-16(8-4-14)24-19(25)18-10-9-17(12-22-18)23-15-5-1-13(11-21)2-6-15/h1-10,12,23H,(H,24,25). The molecule has 0 aliphatic carbocycles. The number of nitrogens with zero attached hydrogens (tertiary/aromatic N) is 2. The second-order valence-electron chi connectivity index (χ2n) is 5.21. The maximum absolute atomic E-state index is 12.2. The second-order valence-corrected chi connectivity index (χ2v) is 5.64. The van der Waals surface area contributed by atoms with Crippen LogP contribution in [0.3, 0.4) is 0 Å². The van der Waals surface area contributed by atoms with Crippen LogP contribution < -0.4 is 10.6 Å². The molecule has 122 valence electrons. The number of anilines is 3. The van der Waals surface area contributed by atoms with Gasteiger partial charge in [-0.15, -0.1) is 0 Å². The maximum atomic E-state index is 12.2. The van der Waals surface area contributed by atoms with Crippen LogP contribution in [0.1, 0.15) is 16.1 Å².